The van der Waals surface area contributed by atoms with Gasteiger partial charge in [-0.3, -0.25) is 0 Å². The maximum atomic E-state index is 11.9. The Morgan fingerprint density at radius 3 is 2.70 bits per heavy atom. The van der Waals surface area contributed by atoms with E-state index in [0.29, 0.717) is 23.5 Å². The lowest BCUT2D eigenvalue weighted by molar-refractivity contribution is 0.262. The second-order valence-electron chi connectivity index (χ2n) is 4.13. The molecule has 0 atom stereocenters. The van der Waals surface area contributed by atoms with Crippen LogP contribution in [0.25, 0.3) is 0 Å². The monoisotopic (exact) mass is 266 g/mol. The summed E-state index contributed by atoms with van der Waals surface area (Å²) in [5.41, 5.74) is 8.19. The summed E-state index contributed by atoms with van der Waals surface area (Å²) in [7, 11) is 0. The van der Waals surface area contributed by atoms with Crippen molar-refractivity contribution in [2.45, 2.75) is 6.54 Å². The highest BCUT2D eigenvalue weighted by Crippen LogP contribution is 2.15. The van der Waals surface area contributed by atoms with Crippen molar-refractivity contribution in [2.24, 2.45) is 5.73 Å². The summed E-state index contributed by atoms with van der Waals surface area (Å²) in [6.07, 6.45) is 0. The molecule has 0 radical (unpaired) electrons. The first-order valence-corrected chi connectivity index (χ1v) is 6.09. The van der Waals surface area contributed by atoms with Gasteiger partial charge in [-0.2, -0.15) is 5.26 Å². The summed E-state index contributed by atoms with van der Waals surface area (Å²) < 4.78 is 0. The molecule has 2 aromatic carbocycles. The van der Waals surface area contributed by atoms with Crippen molar-refractivity contribution in [1.82, 2.24) is 0 Å². The fourth-order valence-corrected chi connectivity index (χ4v) is 1.77. The first-order valence-electron chi connectivity index (χ1n) is 6.09. The molecule has 0 aliphatic rings. The quantitative estimate of drug-likeness (QED) is 0.797. The predicted octanol–water partition coefficient (Wildman–Crippen LogP) is 2.66. The number of anilines is 2. The lowest BCUT2D eigenvalue weighted by Crippen LogP contribution is -2.20. The van der Waals surface area contributed by atoms with Crippen LogP contribution >= 0.6 is 0 Å². The predicted molar refractivity (Wildman–Crippen MR) is 78.1 cm³/mol. The lowest BCUT2D eigenvalue weighted by atomic mass is 10.2. The van der Waals surface area contributed by atoms with Crippen LogP contribution in [0.5, 0.6) is 0 Å². The smallest absolute Gasteiger partial charge is 0.323 e. The molecule has 20 heavy (non-hydrogen) atoms. The summed E-state index contributed by atoms with van der Waals surface area (Å²) in [4.78, 5) is 11.9. The van der Waals surface area contributed by atoms with Gasteiger partial charge >= 0.3 is 6.03 Å². The van der Waals surface area contributed by atoms with Gasteiger partial charge in [-0.15, -0.1) is 0 Å². The molecule has 0 fully saturated rings. The van der Waals surface area contributed by atoms with Gasteiger partial charge in [-0.05, 0) is 29.8 Å². The van der Waals surface area contributed by atoms with Crippen molar-refractivity contribution < 1.29 is 4.79 Å². The van der Waals surface area contributed by atoms with Gasteiger partial charge in [0.05, 0.1) is 11.6 Å². The summed E-state index contributed by atoms with van der Waals surface area (Å²) >= 11 is 0. The van der Waals surface area contributed by atoms with Gasteiger partial charge < -0.3 is 16.4 Å². The van der Waals surface area contributed by atoms with E-state index in [0.717, 1.165) is 5.56 Å². The average molecular weight is 266 g/mol. The summed E-state index contributed by atoms with van der Waals surface area (Å²) in [6, 6.07) is 15.7. The number of nitrogens with zero attached hydrogens (tertiary/aromatic N) is 1. The van der Waals surface area contributed by atoms with Gasteiger partial charge in [0.1, 0.15) is 0 Å². The van der Waals surface area contributed by atoms with Gasteiger partial charge in [0, 0.05) is 17.9 Å². The highest BCUT2D eigenvalue weighted by Gasteiger charge is 2.06. The second kappa shape index (κ2) is 6.36. The van der Waals surface area contributed by atoms with Gasteiger partial charge in [-0.1, -0.05) is 24.3 Å². The number of carbonyl (C=O) groups is 1. The van der Waals surface area contributed by atoms with Crippen LogP contribution < -0.4 is 16.4 Å². The summed E-state index contributed by atoms with van der Waals surface area (Å²) in [5.74, 6) is 0. The Hall–Kier alpha value is -2.84. The Bertz CT molecular complexity index is 661. The van der Waals surface area contributed by atoms with E-state index in [1.165, 1.54) is 0 Å². The zero-order valence-corrected chi connectivity index (χ0v) is 10.8. The molecule has 5 heteroatoms. The molecule has 2 amide bonds. The van der Waals surface area contributed by atoms with E-state index in [1.54, 1.807) is 30.3 Å². The Kier molecular flexibility index (Phi) is 4.32. The molecular formula is C15H14N4O. The highest BCUT2D eigenvalue weighted by atomic mass is 16.2. The Morgan fingerprint density at radius 1 is 1.15 bits per heavy atom. The molecule has 4 N–H and O–H groups in total. The van der Waals surface area contributed by atoms with Crippen LogP contribution in [0.2, 0.25) is 0 Å². The summed E-state index contributed by atoms with van der Waals surface area (Å²) in [5, 5.41) is 14.2. The topological polar surface area (TPSA) is 90.9 Å². The van der Waals surface area contributed by atoms with Crippen molar-refractivity contribution in [3.63, 3.8) is 0 Å². The van der Waals surface area contributed by atoms with E-state index in [2.05, 4.69) is 10.6 Å². The molecule has 0 aliphatic heterocycles. The molecule has 0 unspecified atom stereocenters. The van der Waals surface area contributed by atoms with Gasteiger partial charge in [0.15, 0.2) is 0 Å². The van der Waals surface area contributed by atoms with E-state index in [-0.39, 0.29) is 6.03 Å². The van der Waals surface area contributed by atoms with Crippen molar-refractivity contribution >= 4 is 17.4 Å². The van der Waals surface area contributed by atoms with Crippen molar-refractivity contribution in [3.8, 4) is 6.07 Å². The Balaban J connectivity index is 2.07. The molecule has 0 heterocycles. The standard InChI is InChI=1S/C15H14N4O/c16-9-11-4-3-6-13(8-11)18-15(20)19-14-7-2-1-5-12(14)10-17/h1-8H,10,17H2,(H2,18,19,20). The van der Waals surface area contributed by atoms with Crippen molar-refractivity contribution in [2.75, 3.05) is 10.6 Å². The number of hydrogen-bond acceptors (Lipinski definition) is 3. The molecule has 100 valence electrons. The number of nitrogens with two attached hydrogens (primary N) is 1. The minimum atomic E-state index is -0.374. The lowest BCUT2D eigenvalue weighted by Gasteiger charge is -2.10. The van der Waals surface area contributed by atoms with Crippen LogP contribution in [0.3, 0.4) is 0 Å². The molecule has 0 saturated heterocycles. The normalized spacial score (nSPS) is 9.60. The molecule has 0 aromatic heterocycles. The molecule has 0 spiro atoms. The Morgan fingerprint density at radius 2 is 1.95 bits per heavy atom. The van der Waals surface area contributed by atoms with E-state index in [1.807, 2.05) is 24.3 Å². The third kappa shape index (κ3) is 3.34. The van der Waals surface area contributed by atoms with E-state index in [9.17, 15) is 4.79 Å². The zero-order valence-electron chi connectivity index (χ0n) is 10.8. The van der Waals surface area contributed by atoms with Crippen LogP contribution in [0.1, 0.15) is 11.1 Å². The van der Waals surface area contributed by atoms with Crippen LogP contribution in [0.4, 0.5) is 16.2 Å². The van der Waals surface area contributed by atoms with Crippen LogP contribution in [0, 0.1) is 11.3 Å². The maximum absolute atomic E-state index is 11.9. The molecule has 0 bridgehead atoms. The fraction of sp³-hybridized carbons (Fsp3) is 0.0667. The highest BCUT2D eigenvalue weighted by molar-refractivity contribution is 6.00. The van der Waals surface area contributed by atoms with Crippen LogP contribution in [-0.2, 0) is 6.54 Å². The number of nitrogens with one attached hydrogen (secondary N) is 2. The van der Waals surface area contributed by atoms with E-state index in [4.69, 9.17) is 11.0 Å². The summed E-state index contributed by atoms with van der Waals surface area (Å²) in [6.45, 7) is 0.348. The molecular weight excluding hydrogens is 252 g/mol. The molecule has 5 nitrogen and oxygen atoms in total. The zero-order chi connectivity index (χ0) is 14.4. The average Bonchev–Trinajstić information content (AvgIpc) is 2.48. The van der Waals surface area contributed by atoms with E-state index >= 15 is 0 Å². The van der Waals surface area contributed by atoms with Gasteiger partial charge in [-0.25, -0.2) is 4.79 Å². The maximum Gasteiger partial charge on any atom is 0.323 e. The Labute approximate surface area is 117 Å². The number of carbonyl (C=O) groups excluding carboxylic acids is 1. The molecule has 0 aliphatic carbocycles. The molecule has 0 saturated carbocycles. The number of para-hydroxylation sites is 1. The minimum absolute atomic E-state index is 0.348. The third-order valence-corrected chi connectivity index (χ3v) is 2.74. The number of rotatable bonds is 3. The largest absolute Gasteiger partial charge is 0.326 e. The number of hydrogen-bond donors (Lipinski definition) is 3. The number of nitriles is 1. The second-order valence-corrected chi connectivity index (χ2v) is 4.13. The van der Waals surface area contributed by atoms with Crippen LogP contribution in [-0.4, -0.2) is 6.03 Å². The van der Waals surface area contributed by atoms with E-state index < -0.39 is 0 Å². The molecule has 2 aromatic rings. The van der Waals surface area contributed by atoms with Crippen molar-refractivity contribution in [1.29, 1.82) is 5.26 Å². The first kappa shape index (κ1) is 13.6. The minimum Gasteiger partial charge on any atom is -0.326 e. The molecule has 2 rings (SSSR count). The number of urea groups is 1. The first-order chi connectivity index (χ1) is 9.72. The van der Waals surface area contributed by atoms with Gasteiger partial charge in [0.2, 0.25) is 0 Å². The SMILES string of the molecule is N#Cc1cccc(NC(=O)Nc2ccccc2CN)c1. The number of amides is 2. The van der Waals surface area contributed by atoms with Gasteiger partial charge in [0.25, 0.3) is 0 Å². The van der Waals surface area contributed by atoms with Crippen LogP contribution in [0.15, 0.2) is 48.5 Å². The number of benzene rings is 2. The third-order valence-electron chi connectivity index (χ3n) is 2.74. The fourth-order valence-electron chi connectivity index (χ4n) is 1.77. The van der Waals surface area contributed by atoms with Crippen molar-refractivity contribution in [3.05, 3.63) is 59.7 Å².